The van der Waals surface area contributed by atoms with Crippen molar-refractivity contribution in [1.29, 1.82) is 5.26 Å². The lowest BCUT2D eigenvalue weighted by Crippen LogP contribution is -2.16. The maximum atomic E-state index is 12.1. The molecule has 0 spiro atoms. The van der Waals surface area contributed by atoms with Crippen LogP contribution in [0.25, 0.3) is 0 Å². The predicted molar refractivity (Wildman–Crippen MR) is 69.1 cm³/mol. The van der Waals surface area contributed by atoms with Gasteiger partial charge >= 0.3 is 0 Å². The average molecular weight is 261 g/mol. The highest BCUT2D eigenvalue weighted by molar-refractivity contribution is 6.33. The van der Waals surface area contributed by atoms with Gasteiger partial charge in [-0.3, -0.25) is 4.79 Å². The smallest absolute Gasteiger partial charge is 0.228 e. The second-order valence-corrected chi connectivity index (χ2v) is 5.49. The molecule has 0 heterocycles. The van der Waals surface area contributed by atoms with E-state index in [-0.39, 0.29) is 11.8 Å². The number of halogens is 1. The van der Waals surface area contributed by atoms with Crippen LogP contribution < -0.4 is 5.32 Å². The topological polar surface area (TPSA) is 52.9 Å². The van der Waals surface area contributed by atoms with E-state index >= 15 is 0 Å². The Morgan fingerprint density at radius 2 is 2.11 bits per heavy atom. The lowest BCUT2D eigenvalue weighted by molar-refractivity contribution is -0.118. The number of hydrogen-bond donors (Lipinski definition) is 1. The van der Waals surface area contributed by atoms with E-state index in [2.05, 4.69) is 5.32 Å². The summed E-state index contributed by atoms with van der Waals surface area (Å²) < 4.78 is 0. The number of fused-ring (bicyclic) bond motifs is 1. The molecule has 2 atom stereocenters. The Balaban J connectivity index is 1.73. The van der Waals surface area contributed by atoms with E-state index in [1.807, 2.05) is 6.07 Å². The normalized spacial score (nSPS) is 28.3. The van der Waals surface area contributed by atoms with Crippen LogP contribution in [0.1, 0.15) is 24.8 Å². The molecular weight excluding hydrogens is 248 g/mol. The van der Waals surface area contributed by atoms with Crippen molar-refractivity contribution in [3.05, 3.63) is 28.8 Å². The molecule has 18 heavy (non-hydrogen) atoms. The van der Waals surface area contributed by atoms with E-state index in [1.54, 1.807) is 18.2 Å². The molecule has 0 aliphatic heterocycles. The molecule has 0 bridgehead atoms. The Morgan fingerprint density at radius 1 is 1.39 bits per heavy atom. The van der Waals surface area contributed by atoms with Crippen molar-refractivity contribution in [2.24, 2.45) is 17.8 Å². The van der Waals surface area contributed by atoms with Gasteiger partial charge in [-0.05, 0) is 42.9 Å². The third-order valence-corrected chi connectivity index (χ3v) is 4.39. The number of anilines is 1. The van der Waals surface area contributed by atoms with Gasteiger partial charge in [-0.15, -0.1) is 0 Å². The summed E-state index contributed by atoms with van der Waals surface area (Å²) in [5.41, 5.74) is 1.05. The predicted octanol–water partition coefficient (Wildman–Crippen LogP) is 3.20. The molecule has 1 amide bonds. The fourth-order valence-electron chi connectivity index (χ4n) is 3.12. The van der Waals surface area contributed by atoms with Crippen LogP contribution in [0.15, 0.2) is 18.2 Å². The number of benzene rings is 1. The molecule has 0 saturated heterocycles. The van der Waals surface area contributed by atoms with Crippen LogP contribution in [0, 0.1) is 29.1 Å². The number of rotatable bonds is 2. The minimum atomic E-state index is 0.0571. The summed E-state index contributed by atoms with van der Waals surface area (Å²) >= 11 is 6.02. The van der Waals surface area contributed by atoms with Crippen LogP contribution in [0.2, 0.25) is 5.02 Å². The van der Waals surface area contributed by atoms with Crippen molar-refractivity contribution in [2.75, 3.05) is 5.32 Å². The van der Waals surface area contributed by atoms with E-state index in [0.717, 1.165) is 0 Å². The molecule has 1 N–H and O–H groups in total. The Labute approximate surface area is 111 Å². The first-order valence-corrected chi connectivity index (χ1v) is 6.59. The highest BCUT2D eigenvalue weighted by atomic mass is 35.5. The largest absolute Gasteiger partial charge is 0.324 e. The maximum absolute atomic E-state index is 12.1. The zero-order valence-corrected chi connectivity index (χ0v) is 10.6. The van der Waals surface area contributed by atoms with Gasteiger partial charge in [0, 0.05) is 5.92 Å². The Morgan fingerprint density at radius 3 is 2.78 bits per heavy atom. The molecule has 2 unspecified atom stereocenters. The number of hydrogen-bond acceptors (Lipinski definition) is 2. The molecule has 0 radical (unpaired) electrons. The first-order chi connectivity index (χ1) is 8.70. The van der Waals surface area contributed by atoms with Gasteiger partial charge in [0.05, 0.1) is 22.3 Å². The summed E-state index contributed by atoms with van der Waals surface area (Å²) in [5.74, 6) is 1.40. The molecule has 3 nitrogen and oxygen atoms in total. The van der Waals surface area contributed by atoms with Crippen LogP contribution in [0.4, 0.5) is 5.69 Å². The molecule has 2 aliphatic carbocycles. The summed E-state index contributed by atoms with van der Waals surface area (Å²) in [6, 6.07) is 6.95. The van der Waals surface area contributed by atoms with E-state index < -0.39 is 0 Å². The minimum Gasteiger partial charge on any atom is -0.324 e. The lowest BCUT2D eigenvalue weighted by atomic mass is 10.1. The van der Waals surface area contributed by atoms with Gasteiger partial charge < -0.3 is 5.32 Å². The van der Waals surface area contributed by atoms with Crippen molar-refractivity contribution in [2.45, 2.75) is 19.3 Å². The first kappa shape index (κ1) is 11.6. The van der Waals surface area contributed by atoms with E-state index in [4.69, 9.17) is 16.9 Å². The lowest BCUT2D eigenvalue weighted by Gasteiger charge is -2.08. The van der Waals surface area contributed by atoms with E-state index in [9.17, 15) is 4.79 Å². The highest BCUT2D eigenvalue weighted by Crippen LogP contribution is 2.57. The number of amides is 1. The zero-order chi connectivity index (χ0) is 12.7. The van der Waals surface area contributed by atoms with Gasteiger partial charge in [0.15, 0.2) is 0 Å². The molecule has 1 aromatic carbocycles. The standard InChI is InChI=1S/C14H13ClN2O/c15-11-5-4-8(7-16)6-12(11)17-14(18)13-9-2-1-3-10(9)13/h4-6,9-10,13H,1-3H2,(H,17,18). The molecule has 3 rings (SSSR count). The molecule has 2 saturated carbocycles. The molecule has 1 aromatic rings. The fraction of sp³-hybridized carbons (Fsp3) is 0.429. The number of nitriles is 1. The zero-order valence-electron chi connectivity index (χ0n) is 9.82. The maximum Gasteiger partial charge on any atom is 0.228 e. The molecule has 4 heteroatoms. The van der Waals surface area contributed by atoms with Gasteiger partial charge in [0.25, 0.3) is 0 Å². The van der Waals surface area contributed by atoms with Crippen molar-refractivity contribution >= 4 is 23.2 Å². The van der Waals surface area contributed by atoms with Gasteiger partial charge in [-0.2, -0.15) is 5.26 Å². The van der Waals surface area contributed by atoms with Gasteiger partial charge in [0.1, 0.15) is 0 Å². The van der Waals surface area contributed by atoms with Crippen LogP contribution in [0.5, 0.6) is 0 Å². The summed E-state index contributed by atoms with van der Waals surface area (Å²) in [5, 5.41) is 12.2. The van der Waals surface area contributed by atoms with Crippen molar-refractivity contribution < 1.29 is 4.79 Å². The second kappa shape index (κ2) is 4.29. The Hall–Kier alpha value is -1.53. The third kappa shape index (κ3) is 1.87. The molecule has 92 valence electrons. The summed E-state index contributed by atoms with van der Waals surface area (Å²) in [6.07, 6.45) is 3.60. The minimum absolute atomic E-state index is 0.0571. The van der Waals surface area contributed by atoms with Gasteiger partial charge in [-0.25, -0.2) is 0 Å². The number of nitrogens with zero attached hydrogens (tertiary/aromatic N) is 1. The Bertz CT molecular complexity index is 539. The monoisotopic (exact) mass is 260 g/mol. The SMILES string of the molecule is N#Cc1ccc(Cl)c(NC(=O)C2C3CCCC32)c1. The highest BCUT2D eigenvalue weighted by Gasteiger charge is 2.56. The average Bonchev–Trinajstić information content (AvgIpc) is 2.86. The number of carbonyl (C=O) groups is 1. The Kier molecular flexibility index (Phi) is 2.76. The van der Waals surface area contributed by atoms with Crippen molar-refractivity contribution in [1.82, 2.24) is 0 Å². The molecule has 2 aliphatic rings. The summed E-state index contributed by atoms with van der Waals surface area (Å²) in [6.45, 7) is 0. The van der Waals surface area contributed by atoms with Crippen molar-refractivity contribution in [3.63, 3.8) is 0 Å². The first-order valence-electron chi connectivity index (χ1n) is 6.21. The number of carbonyl (C=O) groups excluding carboxylic acids is 1. The summed E-state index contributed by atoms with van der Waals surface area (Å²) in [4.78, 5) is 12.1. The number of nitrogens with one attached hydrogen (secondary N) is 1. The van der Waals surface area contributed by atoms with Crippen LogP contribution in [0.3, 0.4) is 0 Å². The molecule has 2 fully saturated rings. The van der Waals surface area contributed by atoms with Crippen LogP contribution >= 0.6 is 11.6 Å². The quantitative estimate of drug-likeness (QED) is 0.888. The molecular formula is C14H13ClN2O. The van der Waals surface area contributed by atoms with Crippen LogP contribution in [-0.4, -0.2) is 5.91 Å². The van der Waals surface area contributed by atoms with Gasteiger partial charge in [-0.1, -0.05) is 18.0 Å². The summed E-state index contributed by atoms with van der Waals surface area (Å²) in [7, 11) is 0. The fourth-order valence-corrected chi connectivity index (χ4v) is 3.28. The third-order valence-electron chi connectivity index (χ3n) is 4.06. The van der Waals surface area contributed by atoms with Gasteiger partial charge in [0.2, 0.25) is 5.91 Å². The van der Waals surface area contributed by atoms with Crippen molar-refractivity contribution in [3.8, 4) is 6.07 Å². The van der Waals surface area contributed by atoms with E-state index in [0.29, 0.717) is 28.1 Å². The van der Waals surface area contributed by atoms with Crippen LogP contribution in [-0.2, 0) is 4.79 Å². The second-order valence-electron chi connectivity index (χ2n) is 5.08. The molecule has 0 aromatic heterocycles. The van der Waals surface area contributed by atoms with E-state index in [1.165, 1.54) is 19.3 Å².